The first-order valence-electron chi connectivity index (χ1n) is 8.58. The molecule has 0 heterocycles. The van der Waals surface area contributed by atoms with E-state index in [0.717, 1.165) is 16.9 Å². The fourth-order valence-electron chi connectivity index (χ4n) is 2.50. The van der Waals surface area contributed by atoms with Crippen LogP contribution in [-0.4, -0.2) is 11.8 Å². The van der Waals surface area contributed by atoms with Crippen molar-refractivity contribution < 1.29 is 14.3 Å². The van der Waals surface area contributed by atoms with E-state index in [9.17, 15) is 9.59 Å². The van der Waals surface area contributed by atoms with Gasteiger partial charge in [-0.25, -0.2) is 0 Å². The van der Waals surface area contributed by atoms with Gasteiger partial charge < -0.3 is 15.4 Å². The monoisotopic (exact) mass is 360 g/mol. The molecule has 0 aliphatic heterocycles. The number of hydrogen-bond donors (Lipinski definition) is 2. The molecule has 5 heteroatoms. The van der Waals surface area contributed by atoms with Crippen molar-refractivity contribution in [2.75, 3.05) is 5.32 Å². The highest BCUT2D eigenvalue weighted by atomic mass is 16.5. The van der Waals surface area contributed by atoms with Gasteiger partial charge in [0.05, 0.1) is 0 Å². The first-order chi connectivity index (χ1) is 13.1. The lowest BCUT2D eigenvalue weighted by atomic mass is 10.1. The minimum Gasteiger partial charge on any atom is -0.457 e. The highest BCUT2D eigenvalue weighted by Gasteiger charge is 2.13. The average Bonchev–Trinajstić information content (AvgIpc) is 2.68. The van der Waals surface area contributed by atoms with Gasteiger partial charge in [-0.15, -0.1) is 0 Å². The van der Waals surface area contributed by atoms with Crippen LogP contribution in [0.5, 0.6) is 11.5 Å². The zero-order chi connectivity index (χ0) is 19.1. The van der Waals surface area contributed by atoms with Crippen molar-refractivity contribution in [3.63, 3.8) is 0 Å². The number of hydrogen-bond acceptors (Lipinski definition) is 3. The number of benzene rings is 3. The fourth-order valence-corrected chi connectivity index (χ4v) is 2.50. The Labute approximate surface area is 158 Å². The molecule has 0 fully saturated rings. The van der Waals surface area contributed by atoms with E-state index < -0.39 is 11.8 Å². The summed E-state index contributed by atoms with van der Waals surface area (Å²) in [7, 11) is 0. The van der Waals surface area contributed by atoms with E-state index in [1.54, 1.807) is 24.3 Å². The van der Waals surface area contributed by atoms with Gasteiger partial charge >= 0.3 is 11.8 Å². The summed E-state index contributed by atoms with van der Waals surface area (Å²) in [6, 6.07) is 24.0. The van der Waals surface area contributed by atoms with Crippen molar-refractivity contribution in [3.05, 3.63) is 90.0 Å². The molecule has 2 amide bonds. The molecule has 0 aliphatic rings. The summed E-state index contributed by atoms with van der Waals surface area (Å²) in [5.41, 5.74) is 2.56. The van der Waals surface area contributed by atoms with Crippen molar-refractivity contribution in [2.24, 2.45) is 0 Å². The summed E-state index contributed by atoms with van der Waals surface area (Å²) in [5, 5.41) is 5.19. The van der Waals surface area contributed by atoms with Gasteiger partial charge in [0.25, 0.3) is 0 Å². The van der Waals surface area contributed by atoms with Gasteiger partial charge in [-0.05, 0) is 48.9 Å². The Kier molecular flexibility index (Phi) is 5.84. The van der Waals surface area contributed by atoms with E-state index in [-0.39, 0.29) is 0 Å². The Hall–Kier alpha value is -3.60. The second-order valence-electron chi connectivity index (χ2n) is 6.07. The highest BCUT2D eigenvalue weighted by molar-refractivity contribution is 6.39. The van der Waals surface area contributed by atoms with Gasteiger partial charge in [0.15, 0.2) is 0 Å². The fraction of sp³-hybridized carbons (Fsp3) is 0.0909. The molecule has 0 atom stereocenters. The molecule has 0 aliphatic carbocycles. The quantitative estimate of drug-likeness (QED) is 0.675. The lowest BCUT2D eigenvalue weighted by Crippen LogP contribution is -2.34. The maximum Gasteiger partial charge on any atom is 0.313 e. The topological polar surface area (TPSA) is 67.4 Å². The maximum absolute atomic E-state index is 12.0. The Morgan fingerprint density at radius 1 is 0.815 bits per heavy atom. The Morgan fingerprint density at radius 2 is 1.52 bits per heavy atom. The van der Waals surface area contributed by atoms with Crippen LogP contribution in [0.4, 0.5) is 5.69 Å². The summed E-state index contributed by atoms with van der Waals surface area (Å²) in [6.07, 6.45) is 0. The molecular weight excluding hydrogens is 340 g/mol. The van der Waals surface area contributed by atoms with E-state index in [0.29, 0.717) is 18.0 Å². The summed E-state index contributed by atoms with van der Waals surface area (Å²) in [5.74, 6) is -0.0200. The molecule has 2 N–H and O–H groups in total. The number of nitrogens with one attached hydrogen (secondary N) is 2. The van der Waals surface area contributed by atoms with Crippen LogP contribution >= 0.6 is 0 Å². The third-order valence-corrected chi connectivity index (χ3v) is 3.83. The van der Waals surface area contributed by atoms with Crippen molar-refractivity contribution in [3.8, 4) is 11.5 Å². The number of anilines is 1. The molecule has 0 aromatic heterocycles. The molecule has 0 saturated carbocycles. The lowest BCUT2D eigenvalue weighted by molar-refractivity contribution is -0.136. The zero-order valence-corrected chi connectivity index (χ0v) is 14.9. The number of para-hydroxylation sites is 1. The minimum absolute atomic E-state index is 0.303. The van der Waals surface area contributed by atoms with Crippen LogP contribution in [0.25, 0.3) is 0 Å². The molecule has 0 saturated heterocycles. The smallest absolute Gasteiger partial charge is 0.313 e. The first-order valence-corrected chi connectivity index (χ1v) is 8.58. The lowest BCUT2D eigenvalue weighted by Gasteiger charge is -2.09. The second-order valence-corrected chi connectivity index (χ2v) is 6.07. The van der Waals surface area contributed by atoms with Crippen LogP contribution < -0.4 is 15.4 Å². The van der Waals surface area contributed by atoms with E-state index >= 15 is 0 Å². The molecule has 0 unspecified atom stereocenters. The van der Waals surface area contributed by atoms with E-state index in [2.05, 4.69) is 10.6 Å². The minimum atomic E-state index is -0.709. The molecule has 5 nitrogen and oxygen atoms in total. The first kappa shape index (κ1) is 18.2. The largest absolute Gasteiger partial charge is 0.457 e. The molecule has 0 radical (unpaired) electrons. The normalized spacial score (nSPS) is 10.1. The van der Waals surface area contributed by atoms with Crippen LogP contribution in [-0.2, 0) is 16.1 Å². The number of ether oxygens (including phenoxy) is 1. The van der Waals surface area contributed by atoms with Crippen molar-refractivity contribution in [2.45, 2.75) is 13.5 Å². The SMILES string of the molecule is Cc1cccc(CNC(=O)C(=O)Nc2ccc(Oc3ccccc3)cc2)c1. The van der Waals surface area contributed by atoms with Gasteiger partial charge in [0.1, 0.15) is 11.5 Å². The van der Waals surface area contributed by atoms with Gasteiger partial charge in [0.2, 0.25) is 0 Å². The molecular formula is C22H20N2O3. The molecule has 0 spiro atoms. The number of carbonyl (C=O) groups is 2. The number of aryl methyl sites for hydroxylation is 1. The van der Waals surface area contributed by atoms with Gasteiger partial charge in [-0.1, -0.05) is 48.0 Å². The molecule has 3 aromatic rings. The van der Waals surface area contributed by atoms with Crippen LogP contribution in [0.3, 0.4) is 0 Å². The van der Waals surface area contributed by atoms with E-state index in [1.807, 2.05) is 61.5 Å². The standard InChI is InChI=1S/C22H20N2O3/c1-16-6-5-7-17(14-16)15-23-21(25)22(26)24-18-10-12-20(13-11-18)27-19-8-3-2-4-9-19/h2-14H,15H2,1H3,(H,23,25)(H,24,26). The second kappa shape index (κ2) is 8.67. The van der Waals surface area contributed by atoms with Crippen molar-refractivity contribution in [1.29, 1.82) is 0 Å². The molecule has 3 aromatic carbocycles. The predicted molar refractivity (Wildman–Crippen MR) is 105 cm³/mol. The van der Waals surface area contributed by atoms with Crippen LogP contribution in [0.15, 0.2) is 78.9 Å². The van der Waals surface area contributed by atoms with Gasteiger partial charge in [0, 0.05) is 12.2 Å². The third-order valence-electron chi connectivity index (χ3n) is 3.83. The Bertz CT molecular complexity index is 922. The van der Waals surface area contributed by atoms with Crippen molar-refractivity contribution >= 4 is 17.5 Å². The number of amides is 2. The average molecular weight is 360 g/mol. The Morgan fingerprint density at radius 3 is 2.22 bits per heavy atom. The van der Waals surface area contributed by atoms with Crippen molar-refractivity contribution in [1.82, 2.24) is 5.32 Å². The van der Waals surface area contributed by atoms with Gasteiger partial charge in [-0.2, -0.15) is 0 Å². The predicted octanol–water partition coefficient (Wildman–Crippen LogP) is 4.04. The number of rotatable bonds is 5. The summed E-state index contributed by atoms with van der Waals surface area (Å²) >= 11 is 0. The molecule has 3 rings (SSSR count). The highest BCUT2D eigenvalue weighted by Crippen LogP contribution is 2.22. The van der Waals surface area contributed by atoms with Crippen LogP contribution in [0, 0.1) is 6.92 Å². The molecule has 0 bridgehead atoms. The summed E-state index contributed by atoms with van der Waals surface area (Å²) < 4.78 is 5.69. The van der Waals surface area contributed by atoms with Gasteiger partial charge in [-0.3, -0.25) is 9.59 Å². The van der Waals surface area contributed by atoms with Crippen LogP contribution in [0.1, 0.15) is 11.1 Å². The number of carbonyl (C=O) groups excluding carboxylic acids is 2. The summed E-state index contributed by atoms with van der Waals surface area (Å²) in [6.45, 7) is 2.28. The maximum atomic E-state index is 12.0. The summed E-state index contributed by atoms with van der Waals surface area (Å²) in [4.78, 5) is 24.0. The third kappa shape index (κ3) is 5.44. The molecule has 27 heavy (non-hydrogen) atoms. The van der Waals surface area contributed by atoms with E-state index in [1.165, 1.54) is 0 Å². The van der Waals surface area contributed by atoms with Crippen LogP contribution in [0.2, 0.25) is 0 Å². The molecule has 136 valence electrons. The zero-order valence-electron chi connectivity index (χ0n) is 14.9. The Balaban J connectivity index is 1.51. The van der Waals surface area contributed by atoms with E-state index in [4.69, 9.17) is 4.74 Å².